The molecule has 0 bridgehead atoms. The predicted molar refractivity (Wildman–Crippen MR) is 50.5 cm³/mol. The standard InChI is InChI=1S/C10H13NO2/c1-11-10(13)7-4-8-2-5-9(12)6-3-8/h2-3,5-6,12H,4,7H2,1H3,(H,11,13). The monoisotopic (exact) mass is 179 g/mol. The van der Waals surface area contributed by atoms with Crippen LogP contribution >= 0.6 is 0 Å². The highest BCUT2D eigenvalue weighted by Gasteiger charge is 1.98. The van der Waals surface area contributed by atoms with Crippen molar-refractivity contribution in [3.8, 4) is 5.75 Å². The highest BCUT2D eigenvalue weighted by Crippen LogP contribution is 2.10. The van der Waals surface area contributed by atoms with E-state index in [4.69, 9.17) is 5.11 Å². The third-order valence-corrected chi connectivity index (χ3v) is 1.86. The van der Waals surface area contributed by atoms with E-state index in [9.17, 15) is 4.79 Å². The van der Waals surface area contributed by atoms with E-state index in [0.29, 0.717) is 12.8 Å². The number of hydrogen-bond acceptors (Lipinski definition) is 2. The summed E-state index contributed by atoms with van der Waals surface area (Å²) >= 11 is 0. The number of amides is 1. The Bertz CT molecular complexity index is 279. The Hall–Kier alpha value is -1.51. The van der Waals surface area contributed by atoms with Crippen molar-refractivity contribution >= 4 is 5.91 Å². The van der Waals surface area contributed by atoms with Crippen LogP contribution in [0.2, 0.25) is 0 Å². The Labute approximate surface area is 77.4 Å². The van der Waals surface area contributed by atoms with Gasteiger partial charge in [0.15, 0.2) is 0 Å². The summed E-state index contributed by atoms with van der Waals surface area (Å²) in [6.07, 6.45) is 1.20. The molecule has 0 heterocycles. The molecule has 0 unspecified atom stereocenters. The van der Waals surface area contributed by atoms with Gasteiger partial charge >= 0.3 is 0 Å². The number of phenols is 1. The number of phenolic OH excluding ortho intramolecular Hbond substituents is 1. The van der Waals surface area contributed by atoms with E-state index in [0.717, 1.165) is 5.56 Å². The van der Waals surface area contributed by atoms with E-state index in [1.807, 2.05) is 12.1 Å². The van der Waals surface area contributed by atoms with Crippen LogP contribution in [0.4, 0.5) is 0 Å². The van der Waals surface area contributed by atoms with Crippen molar-refractivity contribution < 1.29 is 9.90 Å². The number of nitrogens with one attached hydrogen (secondary N) is 1. The van der Waals surface area contributed by atoms with Crippen molar-refractivity contribution in [3.05, 3.63) is 29.8 Å². The first kappa shape index (κ1) is 9.58. The fourth-order valence-electron chi connectivity index (χ4n) is 1.05. The number of benzene rings is 1. The number of rotatable bonds is 3. The second-order valence-corrected chi connectivity index (χ2v) is 2.84. The van der Waals surface area contributed by atoms with Crippen molar-refractivity contribution in [1.29, 1.82) is 0 Å². The second kappa shape index (κ2) is 4.50. The van der Waals surface area contributed by atoms with Crippen LogP contribution in [0.25, 0.3) is 0 Å². The summed E-state index contributed by atoms with van der Waals surface area (Å²) in [5, 5.41) is 11.6. The lowest BCUT2D eigenvalue weighted by atomic mass is 10.1. The van der Waals surface area contributed by atoms with Crippen LogP contribution in [0.15, 0.2) is 24.3 Å². The van der Waals surface area contributed by atoms with Gasteiger partial charge in [0.25, 0.3) is 0 Å². The zero-order valence-electron chi connectivity index (χ0n) is 7.58. The van der Waals surface area contributed by atoms with Crippen molar-refractivity contribution in [2.45, 2.75) is 12.8 Å². The van der Waals surface area contributed by atoms with E-state index < -0.39 is 0 Å². The van der Waals surface area contributed by atoms with Crippen LogP contribution in [-0.2, 0) is 11.2 Å². The third kappa shape index (κ3) is 3.15. The third-order valence-electron chi connectivity index (χ3n) is 1.86. The summed E-state index contributed by atoms with van der Waals surface area (Å²) in [6.45, 7) is 0. The summed E-state index contributed by atoms with van der Waals surface area (Å²) < 4.78 is 0. The molecule has 0 aromatic heterocycles. The summed E-state index contributed by atoms with van der Waals surface area (Å²) in [7, 11) is 1.62. The molecule has 0 aliphatic carbocycles. The number of hydrogen-bond donors (Lipinski definition) is 2. The van der Waals surface area contributed by atoms with Gasteiger partial charge in [0.05, 0.1) is 0 Å². The number of aryl methyl sites for hydroxylation is 1. The Balaban J connectivity index is 2.46. The molecule has 0 radical (unpaired) electrons. The van der Waals surface area contributed by atoms with E-state index in [-0.39, 0.29) is 11.7 Å². The predicted octanol–water partition coefficient (Wildman–Crippen LogP) is 1.07. The van der Waals surface area contributed by atoms with Gasteiger partial charge in [-0.25, -0.2) is 0 Å². The topological polar surface area (TPSA) is 49.3 Å². The quantitative estimate of drug-likeness (QED) is 0.729. The molecule has 0 saturated heterocycles. The van der Waals surface area contributed by atoms with Crippen LogP contribution in [0.5, 0.6) is 5.75 Å². The van der Waals surface area contributed by atoms with E-state index in [1.54, 1.807) is 19.2 Å². The average Bonchev–Trinajstić information content (AvgIpc) is 2.16. The fraction of sp³-hybridized carbons (Fsp3) is 0.300. The highest BCUT2D eigenvalue weighted by molar-refractivity contribution is 5.75. The molecule has 0 spiro atoms. The summed E-state index contributed by atoms with van der Waals surface area (Å²) in [5.41, 5.74) is 1.06. The first-order chi connectivity index (χ1) is 6.22. The van der Waals surface area contributed by atoms with Crippen molar-refractivity contribution in [1.82, 2.24) is 5.32 Å². The maximum Gasteiger partial charge on any atom is 0.220 e. The summed E-state index contributed by atoms with van der Waals surface area (Å²) in [4.78, 5) is 10.9. The molecular formula is C10H13NO2. The van der Waals surface area contributed by atoms with Crippen LogP contribution in [0.3, 0.4) is 0 Å². The molecule has 3 heteroatoms. The number of carbonyl (C=O) groups excluding carboxylic acids is 1. The molecule has 2 N–H and O–H groups in total. The van der Waals surface area contributed by atoms with Gasteiger partial charge in [0.2, 0.25) is 5.91 Å². The van der Waals surface area contributed by atoms with Gasteiger partial charge in [0, 0.05) is 13.5 Å². The number of aromatic hydroxyl groups is 1. The largest absolute Gasteiger partial charge is 0.508 e. The van der Waals surface area contributed by atoms with Crippen molar-refractivity contribution in [2.24, 2.45) is 0 Å². The maximum atomic E-state index is 10.9. The summed E-state index contributed by atoms with van der Waals surface area (Å²) in [6, 6.07) is 6.88. The minimum Gasteiger partial charge on any atom is -0.508 e. The molecular weight excluding hydrogens is 166 g/mol. The molecule has 13 heavy (non-hydrogen) atoms. The molecule has 0 aliphatic heterocycles. The van der Waals surface area contributed by atoms with Gasteiger partial charge in [0.1, 0.15) is 5.75 Å². The average molecular weight is 179 g/mol. The fourth-order valence-corrected chi connectivity index (χ4v) is 1.05. The molecule has 0 fully saturated rings. The molecule has 1 rings (SSSR count). The molecule has 0 aliphatic rings. The molecule has 1 amide bonds. The van der Waals surface area contributed by atoms with Gasteiger partial charge in [-0.2, -0.15) is 0 Å². The first-order valence-corrected chi connectivity index (χ1v) is 4.21. The van der Waals surface area contributed by atoms with Crippen LogP contribution < -0.4 is 5.32 Å². The minimum absolute atomic E-state index is 0.0353. The molecule has 1 aromatic carbocycles. The maximum absolute atomic E-state index is 10.9. The van der Waals surface area contributed by atoms with Crippen LogP contribution in [-0.4, -0.2) is 18.1 Å². The molecule has 0 atom stereocenters. The van der Waals surface area contributed by atoms with Crippen molar-refractivity contribution in [2.75, 3.05) is 7.05 Å². The zero-order valence-corrected chi connectivity index (χ0v) is 7.58. The molecule has 0 saturated carbocycles. The second-order valence-electron chi connectivity index (χ2n) is 2.84. The lowest BCUT2D eigenvalue weighted by Crippen LogP contribution is -2.17. The SMILES string of the molecule is CNC(=O)CCc1ccc(O)cc1. The van der Waals surface area contributed by atoms with Crippen molar-refractivity contribution in [3.63, 3.8) is 0 Å². The van der Waals surface area contributed by atoms with Gasteiger partial charge < -0.3 is 10.4 Å². The van der Waals surface area contributed by atoms with Gasteiger partial charge in [-0.1, -0.05) is 12.1 Å². The Morgan fingerprint density at radius 3 is 2.54 bits per heavy atom. The van der Waals surface area contributed by atoms with E-state index >= 15 is 0 Å². The van der Waals surface area contributed by atoms with Crippen LogP contribution in [0.1, 0.15) is 12.0 Å². The smallest absolute Gasteiger partial charge is 0.220 e. The van der Waals surface area contributed by atoms with Gasteiger partial charge in [-0.15, -0.1) is 0 Å². The Morgan fingerprint density at radius 2 is 2.00 bits per heavy atom. The summed E-state index contributed by atoms with van der Waals surface area (Å²) in [5.74, 6) is 0.289. The Kier molecular flexibility index (Phi) is 3.31. The van der Waals surface area contributed by atoms with Gasteiger partial charge in [-0.05, 0) is 24.1 Å². The normalized spacial score (nSPS) is 9.62. The van der Waals surface area contributed by atoms with E-state index in [2.05, 4.69) is 5.32 Å². The first-order valence-electron chi connectivity index (χ1n) is 4.21. The van der Waals surface area contributed by atoms with Gasteiger partial charge in [-0.3, -0.25) is 4.79 Å². The molecule has 1 aromatic rings. The molecule has 3 nitrogen and oxygen atoms in total. The minimum atomic E-state index is 0.0353. The zero-order chi connectivity index (χ0) is 9.68. The van der Waals surface area contributed by atoms with E-state index in [1.165, 1.54) is 0 Å². The molecule has 70 valence electrons. The highest BCUT2D eigenvalue weighted by atomic mass is 16.3. The lowest BCUT2D eigenvalue weighted by Gasteiger charge is -2.00. The number of carbonyl (C=O) groups is 1. The Morgan fingerprint density at radius 1 is 1.38 bits per heavy atom. The van der Waals surface area contributed by atoms with Crippen LogP contribution in [0, 0.1) is 0 Å². The lowest BCUT2D eigenvalue weighted by molar-refractivity contribution is -0.120.